The molecule has 0 aromatic heterocycles. The third-order valence-corrected chi connectivity index (χ3v) is 6.26. The first-order valence-corrected chi connectivity index (χ1v) is 9.34. The average Bonchev–Trinajstić information content (AvgIpc) is 3.35. The minimum absolute atomic E-state index is 0.101. The molecule has 0 unspecified atom stereocenters. The van der Waals surface area contributed by atoms with Crippen molar-refractivity contribution in [2.75, 3.05) is 25.7 Å². The third-order valence-electron chi connectivity index (χ3n) is 4.88. The van der Waals surface area contributed by atoms with Crippen molar-refractivity contribution in [2.45, 2.75) is 31.2 Å². The van der Waals surface area contributed by atoms with E-state index in [9.17, 15) is 9.00 Å². The van der Waals surface area contributed by atoms with E-state index in [2.05, 4.69) is 6.07 Å². The zero-order chi connectivity index (χ0) is 15.7. The Morgan fingerprint density at radius 2 is 2.05 bits per heavy atom. The number of carbonyl (C=O) groups excluding carboxylic acids is 1. The lowest BCUT2D eigenvalue weighted by Gasteiger charge is -2.31. The van der Waals surface area contributed by atoms with Crippen molar-refractivity contribution in [1.82, 2.24) is 4.90 Å². The zero-order valence-corrected chi connectivity index (χ0v) is 14.0. The molecule has 1 aromatic rings. The molecule has 1 saturated heterocycles. The van der Waals surface area contributed by atoms with Crippen LogP contribution in [0.25, 0.3) is 0 Å². The number of hydrogen-bond acceptors (Lipinski definition) is 3. The van der Waals surface area contributed by atoms with Crippen LogP contribution in [0.2, 0.25) is 0 Å². The van der Waals surface area contributed by atoms with Crippen molar-refractivity contribution >= 4 is 16.7 Å². The first-order chi connectivity index (χ1) is 10.6. The maximum absolute atomic E-state index is 12.6. The van der Waals surface area contributed by atoms with Gasteiger partial charge in [0.1, 0.15) is 5.75 Å². The van der Waals surface area contributed by atoms with Gasteiger partial charge in [-0.25, -0.2) is 0 Å². The van der Waals surface area contributed by atoms with Gasteiger partial charge in [-0.3, -0.25) is 9.00 Å². The predicted molar refractivity (Wildman–Crippen MR) is 87.5 cm³/mol. The van der Waals surface area contributed by atoms with Gasteiger partial charge < -0.3 is 9.64 Å². The summed E-state index contributed by atoms with van der Waals surface area (Å²) in [5, 5.41) is 0. The monoisotopic (exact) mass is 321 g/mol. The Hall–Kier alpha value is -1.36. The van der Waals surface area contributed by atoms with Crippen LogP contribution in [-0.4, -0.2) is 46.7 Å². The summed E-state index contributed by atoms with van der Waals surface area (Å²) in [5.74, 6) is 2.97. The van der Waals surface area contributed by atoms with Gasteiger partial charge in [0.05, 0.1) is 7.11 Å². The van der Waals surface area contributed by atoms with E-state index in [0.29, 0.717) is 5.92 Å². The second-order valence-corrected chi connectivity index (χ2v) is 7.95. The molecule has 2 atom stereocenters. The summed E-state index contributed by atoms with van der Waals surface area (Å²) in [5.41, 5.74) is 1.19. The molecule has 120 valence electrons. The van der Waals surface area contributed by atoms with Crippen LogP contribution < -0.4 is 4.74 Å². The Bertz CT molecular complexity index is 579. The number of nitrogens with zero attached hydrogens (tertiary/aromatic N) is 1. The van der Waals surface area contributed by atoms with Gasteiger partial charge in [-0.2, -0.15) is 0 Å². The van der Waals surface area contributed by atoms with Crippen LogP contribution in [0.15, 0.2) is 24.3 Å². The van der Waals surface area contributed by atoms with Crippen molar-refractivity contribution in [3.63, 3.8) is 0 Å². The molecule has 1 aliphatic heterocycles. The Morgan fingerprint density at radius 1 is 1.32 bits per heavy atom. The Balaban J connectivity index is 1.61. The molecule has 22 heavy (non-hydrogen) atoms. The normalized spacial score (nSPS) is 30.6. The highest BCUT2D eigenvalue weighted by atomic mass is 32.2. The van der Waals surface area contributed by atoms with E-state index >= 15 is 0 Å². The molecule has 1 aromatic carbocycles. The molecule has 2 aliphatic rings. The molecule has 0 radical (unpaired) electrons. The lowest BCUT2D eigenvalue weighted by atomic mass is 10.1. The molecule has 0 bridgehead atoms. The number of hydrogen-bond donors (Lipinski definition) is 0. The lowest BCUT2D eigenvalue weighted by Crippen LogP contribution is -2.42. The summed E-state index contributed by atoms with van der Waals surface area (Å²) in [7, 11) is 2.89. The quantitative estimate of drug-likeness (QED) is 0.854. The average molecular weight is 321 g/mol. The predicted octanol–water partition coefficient (Wildman–Crippen LogP) is 2.17. The van der Waals surface area contributed by atoms with Crippen LogP contribution in [-0.2, 0) is 15.6 Å². The van der Waals surface area contributed by atoms with Gasteiger partial charge in [0.2, 0.25) is 5.91 Å². The molecule has 0 N–H and O–H groups in total. The van der Waals surface area contributed by atoms with E-state index in [1.54, 1.807) is 7.11 Å². The maximum Gasteiger partial charge on any atom is 0.226 e. The number of rotatable bonds is 4. The van der Waals surface area contributed by atoms with Gasteiger partial charge in [-0.05, 0) is 42.9 Å². The zero-order valence-electron chi connectivity index (χ0n) is 13.2. The molecular formula is C17H23NO3S. The highest BCUT2D eigenvalue weighted by Crippen LogP contribution is 2.49. The van der Waals surface area contributed by atoms with Crippen molar-refractivity contribution in [3.05, 3.63) is 29.8 Å². The summed E-state index contributed by atoms with van der Waals surface area (Å²) in [6, 6.07) is 8.27. The van der Waals surface area contributed by atoms with Crippen molar-refractivity contribution < 1.29 is 13.7 Å². The Labute approximate surface area is 134 Å². The summed E-state index contributed by atoms with van der Waals surface area (Å²) >= 11 is 0. The van der Waals surface area contributed by atoms with Gasteiger partial charge in [-0.1, -0.05) is 12.1 Å². The smallest absolute Gasteiger partial charge is 0.226 e. The molecule has 2 fully saturated rings. The minimum atomic E-state index is -0.678. The van der Waals surface area contributed by atoms with Crippen LogP contribution in [0.1, 0.15) is 30.7 Å². The van der Waals surface area contributed by atoms with Gasteiger partial charge in [-0.15, -0.1) is 0 Å². The third kappa shape index (κ3) is 3.19. The van der Waals surface area contributed by atoms with E-state index < -0.39 is 10.8 Å². The molecule has 5 heteroatoms. The summed E-state index contributed by atoms with van der Waals surface area (Å²) in [6.45, 7) is 0. The summed E-state index contributed by atoms with van der Waals surface area (Å²) < 4.78 is 16.7. The molecule has 0 spiro atoms. The fourth-order valence-corrected chi connectivity index (χ4v) is 4.59. The molecule has 1 saturated carbocycles. The molecule has 3 rings (SSSR count). The topological polar surface area (TPSA) is 46.6 Å². The molecule has 1 amide bonds. The van der Waals surface area contributed by atoms with Crippen LogP contribution >= 0.6 is 0 Å². The molecule has 1 aliphatic carbocycles. The number of methoxy groups -OCH3 is 1. The fourth-order valence-electron chi connectivity index (χ4n) is 3.32. The first-order valence-electron chi connectivity index (χ1n) is 7.85. The second-order valence-electron chi connectivity index (χ2n) is 6.25. The standard InChI is InChI=1S/C17H23NO3S/c1-18(13-6-8-22(20)9-7-13)17(19)16-11-15(16)12-4-3-5-14(10-12)21-2/h3-5,10,13,15-16H,6-9,11H2,1-2H3/t13?,15-,16+,22?/m1/s1. The van der Waals surface area contributed by atoms with Crippen molar-refractivity contribution in [3.8, 4) is 5.75 Å². The number of carbonyl (C=O) groups is 1. The lowest BCUT2D eigenvalue weighted by molar-refractivity contribution is -0.133. The van der Waals surface area contributed by atoms with E-state index in [1.165, 1.54) is 5.56 Å². The van der Waals surface area contributed by atoms with Crippen LogP contribution in [0, 0.1) is 5.92 Å². The number of benzene rings is 1. The van der Waals surface area contributed by atoms with E-state index in [4.69, 9.17) is 4.74 Å². The fraction of sp³-hybridized carbons (Fsp3) is 0.588. The Morgan fingerprint density at radius 3 is 2.73 bits per heavy atom. The van der Waals surface area contributed by atoms with Crippen molar-refractivity contribution in [1.29, 1.82) is 0 Å². The maximum atomic E-state index is 12.6. The van der Waals surface area contributed by atoms with Crippen molar-refractivity contribution in [2.24, 2.45) is 5.92 Å². The highest BCUT2D eigenvalue weighted by Gasteiger charge is 2.46. The number of amides is 1. The van der Waals surface area contributed by atoms with E-state index in [1.807, 2.05) is 30.1 Å². The number of ether oxygens (including phenoxy) is 1. The Kier molecular flexibility index (Phi) is 4.52. The van der Waals surface area contributed by atoms with Crippen LogP contribution in [0.3, 0.4) is 0 Å². The molecule has 1 heterocycles. The van der Waals surface area contributed by atoms with Crippen LogP contribution in [0.5, 0.6) is 5.75 Å². The summed E-state index contributed by atoms with van der Waals surface area (Å²) in [6.07, 6.45) is 2.66. The first kappa shape index (κ1) is 15.5. The minimum Gasteiger partial charge on any atom is -0.497 e. The summed E-state index contributed by atoms with van der Waals surface area (Å²) in [4.78, 5) is 14.5. The van der Waals surface area contributed by atoms with Crippen LogP contribution in [0.4, 0.5) is 0 Å². The van der Waals surface area contributed by atoms with Gasteiger partial charge >= 0.3 is 0 Å². The molecular weight excluding hydrogens is 298 g/mol. The van der Waals surface area contributed by atoms with Gasteiger partial charge in [0.25, 0.3) is 0 Å². The molecule has 4 nitrogen and oxygen atoms in total. The van der Waals surface area contributed by atoms with Gasteiger partial charge in [0.15, 0.2) is 0 Å². The second kappa shape index (κ2) is 6.41. The van der Waals surface area contributed by atoms with Gasteiger partial charge in [0, 0.05) is 41.3 Å². The SMILES string of the molecule is COc1cccc([C@H]2C[C@@H]2C(=O)N(C)C2CCS(=O)CC2)c1. The van der Waals surface area contributed by atoms with E-state index in [-0.39, 0.29) is 17.9 Å². The largest absolute Gasteiger partial charge is 0.497 e. The highest BCUT2D eigenvalue weighted by molar-refractivity contribution is 7.85. The van der Waals surface area contributed by atoms with E-state index in [0.717, 1.165) is 36.5 Å².